The van der Waals surface area contributed by atoms with E-state index in [0.717, 1.165) is 23.5 Å². The van der Waals surface area contributed by atoms with Crippen molar-refractivity contribution in [2.45, 2.75) is 31.9 Å². The minimum atomic E-state index is -0.185. The molecule has 4 nitrogen and oxygen atoms in total. The van der Waals surface area contributed by atoms with E-state index in [0.29, 0.717) is 30.5 Å². The molecule has 0 saturated carbocycles. The maximum absolute atomic E-state index is 12.9. The van der Waals surface area contributed by atoms with Gasteiger partial charge in [-0.1, -0.05) is 60.4 Å². The fraction of sp³-hybridized carbons (Fsp3) is 0.364. The zero-order valence-corrected chi connectivity index (χ0v) is 17.9. The Bertz CT molecular complexity index is 826. The predicted octanol–water partition coefficient (Wildman–Crippen LogP) is 4.50. The summed E-state index contributed by atoms with van der Waals surface area (Å²) < 4.78 is 12.0. The average molecular weight is 416 g/mol. The number of benzene rings is 2. The number of carbonyl (C=O) groups excluding carboxylic acids is 1. The molecule has 28 heavy (non-hydrogen) atoms. The van der Waals surface area contributed by atoms with Gasteiger partial charge in [-0.05, 0) is 49.9 Å². The normalized spacial score (nSPS) is 16.5. The van der Waals surface area contributed by atoms with Crippen LogP contribution in [0.2, 0.25) is 0 Å². The van der Waals surface area contributed by atoms with Crippen LogP contribution in [-0.4, -0.2) is 40.1 Å². The van der Waals surface area contributed by atoms with Crippen molar-refractivity contribution in [3.05, 3.63) is 59.7 Å². The summed E-state index contributed by atoms with van der Waals surface area (Å²) in [4.78, 5) is 14.6. The van der Waals surface area contributed by atoms with Crippen molar-refractivity contribution in [1.29, 1.82) is 0 Å². The zero-order chi connectivity index (χ0) is 19.9. The van der Waals surface area contributed by atoms with Crippen LogP contribution in [0.4, 0.5) is 0 Å². The van der Waals surface area contributed by atoms with Gasteiger partial charge >= 0.3 is 0 Å². The van der Waals surface area contributed by atoms with E-state index >= 15 is 0 Å². The molecule has 0 unspecified atom stereocenters. The molecule has 1 saturated heterocycles. The van der Waals surface area contributed by atoms with Gasteiger partial charge in [0.15, 0.2) is 11.5 Å². The topological polar surface area (TPSA) is 38.8 Å². The summed E-state index contributed by atoms with van der Waals surface area (Å²) in [5.41, 5.74) is 2.25. The molecule has 2 aromatic carbocycles. The lowest BCUT2D eigenvalue weighted by atomic mass is 10.1. The fourth-order valence-electron chi connectivity index (χ4n) is 3.15. The van der Waals surface area contributed by atoms with Gasteiger partial charge in [-0.15, -0.1) is 0 Å². The monoisotopic (exact) mass is 415 g/mol. The summed E-state index contributed by atoms with van der Waals surface area (Å²) in [6.07, 6.45) is 1.43. The number of thioether (sulfide) groups is 1. The van der Waals surface area contributed by atoms with Crippen LogP contribution in [0.3, 0.4) is 0 Å². The Morgan fingerprint density at radius 2 is 1.71 bits per heavy atom. The van der Waals surface area contributed by atoms with Gasteiger partial charge in [-0.2, -0.15) is 0 Å². The van der Waals surface area contributed by atoms with Crippen LogP contribution in [-0.2, 0) is 17.6 Å². The molecule has 1 aliphatic rings. The number of ether oxygens (including phenoxy) is 2. The Morgan fingerprint density at radius 1 is 1.00 bits per heavy atom. The molecular formula is C22H25NO3S2. The van der Waals surface area contributed by atoms with Crippen molar-refractivity contribution >= 4 is 34.2 Å². The van der Waals surface area contributed by atoms with Gasteiger partial charge in [0.2, 0.25) is 5.91 Å². The lowest BCUT2D eigenvalue weighted by Crippen LogP contribution is -2.33. The molecule has 0 bridgehead atoms. The largest absolute Gasteiger partial charge is 0.490 e. The Morgan fingerprint density at radius 3 is 2.43 bits per heavy atom. The van der Waals surface area contributed by atoms with Crippen molar-refractivity contribution in [3.63, 3.8) is 0 Å². The molecule has 148 valence electrons. The second-order valence-electron chi connectivity index (χ2n) is 6.45. The van der Waals surface area contributed by atoms with Crippen LogP contribution in [0.1, 0.15) is 25.0 Å². The summed E-state index contributed by atoms with van der Waals surface area (Å²) >= 11 is 6.95. The minimum absolute atomic E-state index is 0.0952. The maximum atomic E-state index is 12.9. The molecule has 2 aromatic rings. The van der Waals surface area contributed by atoms with Gasteiger partial charge in [-0.25, -0.2) is 0 Å². The fourth-order valence-corrected chi connectivity index (χ4v) is 4.74. The van der Waals surface area contributed by atoms with Crippen LogP contribution in [0, 0.1) is 0 Å². The molecule has 1 aliphatic heterocycles. The van der Waals surface area contributed by atoms with E-state index in [2.05, 4.69) is 12.1 Å². The maximum Gasteiger partial charge on any atom is 0.241 e. The van der Waals surface area contributed by atoms with E-state index in [4.69, 9.17) is 21.7 Å². The molecule has 1 amide bonds. The number of hydrogen-bond donors (Lipinski definition) is 0. The summed E-state index contributed by atoms with van der Waals surface area (Å²) in [5, 5.41) is -0.185. The van der Waals surface area contributed by atoms with E-state index in [9.17, 15) is 4.79 Å². The number of amides is 1. The summed E-state index contributed by atoms with van der Waals surface area (Å²) in [6, 6.07) is 16.0. The van der Waals surface area contributed by atoms with Crippen LogP contribution >= 0.6 is 24.0 Å². The predicted molar refractivity (Wildman–Crippen MR) is 118 cm³/mol. The standard InChI is InChI=1S/C22H25NO3S2/c1-3-25-18-11-10-17(14-19(18)26-4-2)15-20-21(24)23(22(27)28-20)13-12-16-8-6-5-7-9-16/h5-11,14,20H,3-4,12-13,15H2,1-2H3/t20-/m1/s1. The number of nitrogens with zero attached hydrogens (tertiary/aromatic N) is 1. The van der Waals surface area contributed by atoms with Gasteiger partial charge in [0.05, 0.1) is 18.5 Å². The first-order valence-corrected chi connectivity index (χ1v) is 10.9. The summed E-state index contributed by atoms with van der Waals surface area (Å²) in [7, 11) is 0. The Balaban J connectivity index is 1.65. The second kappa shape index (κ2) is 9.94. The molecule has 0 N–H and O–H groups in total. The highest BCUT2D eigenvalue weighted by atomic mass is 32.2. The van der Waals surface area contributed by atoms with E-state index < -0.39 is 0 Å². The van der Waals surface area contributed by atoms with Gasteiger partial charge in [-0.3, -0.25) is 9.69 Å². The van der Waals surface area contributed by atoms with Gasteiger partial charge in [0, 0.05) is 6.54 Å². The third-order valence-electron chi connectivity index (χ3n) is 4.50. The molecule has 6 heteroatoms. The highest BCUT2D eigenvalue weighted by Crippen LogP contribution is 2.33. The lowest BCUT2D eigenvalue weighted by molar-refractivity contribution is -0.126. The molecule has 0 aliphatic carbocycles. The number of carbonyl (C=O) groups is 1. The molecule has 0 spiro atoms. The third-order valence-corrected chi connectivity index (χ3v) is 6.08. The molecule has 1 atom stereocenters. The van der Waals surface area contributed by atoms with Crippen molar-refractivity contribution in [2.24, 2.45) is 0 Å². The van der Waals surface area contributed by atoms with E-state index in [-0.39, 0.29) is 11.2 Å². The quantitative estimate of drug-likeness (QED) is 0.564. The van der Waals surface area contributed by atoms with Crippen LogP contribution < -0.4 is 9.47 Å². The third kappa shape index (κ3) is 5.06. The minimum Gasteiger partial charge on any atom is -0.490 e. The molecule has 0 radical (unpaired) electrons. The van der Waals surface area contributed by atoms with Crippen molar-refractivity contribution in [2.75, 3.05) is 19.8 Å². The van der Waals surface area contributed by atoms with Crippen molar-refractivity contribution in [3.8, 4) is 11.5 Å². The molecular weight excluding hydrogens is 390 g/mol. The summed E-state index contributed by atoms with van der Waals surface area (Å²) in [6.45, 7) is 5.67. The zero-order valence-electron chi connectivity index (χ0n) is 16.2. The highest BCUT2D eigenvalue weighted by Gasteiger charge is 2.36. The number of thiocarbonyl (C=S) groups is 1. The van der Waals surface area contributed by atoms with Crippen molar-refractivity contribution < 1.29 is 14.3 Å². The molecule has 0 aromatic heterocycles. The molecule has 3 rings (SSSR count). The van der Waals surface area contributed by atoms with Gasteiger partial charge in [0.25, 0.3) is 0 Å². The highest BCUT2D eigenvalue weighted by molar-refractivity contribution is 8.24. The summed E-state index contributed by atoms with van der Waals surface area (Å²) in [5.74, 6) is 1.55. The van der Waals surface area contributed by atoms with Crippen molar-refractivity contribution in [1.82, 2.24) is 4.90 Å². The first-order chi connectivity index (χ1) is 13.6. The Kier molecular flexibility index (Phi) is 7.34. The molecule has 1 fully saturated rings. The number of rotatable bonds is 9. The van der Waals surface area contributed by atoms with E-state index in [1.54, 1.807) is 4.90 Å². The number of hydrogen-bond acceptors (Lipinski definition) is 5. The smallest absolute Gasteiger partial charge is 0.241 e. The van der Waals surface area contributed by atoms with E-state index in [1.807, 2.05) is 50.2 Å². The first-order valence-electron chi connectivity index (χ1n) is 9.56. The van der Waals surface area contributed by atoms with E-state index in [1.165, 1.54) is 17.3 Å². The van der Waals surface area contributed by atoms with Gasteiger partial charge in [0.1, 0.15) is 4.32 Å². The lowest BCUT2D eigenvalue weighted by Gasteiger charge is -2.16. The average Bonchev–Trinajstić information content (AvgIpc) is 2.96. The van der Waals surface area contributed by atoms with Gasteiger partial charge < -0.3 is 9.47 Å². The van der Waals surface area contributed by atoms with Crippen LogP contribution in [0.25, 0.3) is 0 Å². The SMILES string of the molecule is CCOc1ccc(C[C@H]2SC(=S)N(CCc3ccccc3)C2=O)cc1OCC. The second-order valence-corrected chi connectivity index (χ2v) is 8.29. The van der Waals surface area contributed by atoms with Crippen LogP contribution in [0.5, 0.6) is 11.5 Å². The Hall–Kier alpha value is -2.05. The molecule has 1 heterocycles. The Labute approximate surface area is 176 Å². The van der Waals surface area contributed by atoms with Crippen LogP contribution in [0.15, 0.2) is 48.5 Å². The first kappa shape index (κ1) is 20.7.